The van der Waals surface area contributed by atoms with Crippen LogP contribution in [0.4, 0.5) is 0 Å². The van der Waals surface area contributed by atoms with Gasteiger partial charge in [-0.25, -0.2) is 0 Å². The van der Waals surface area contributed by atoms with E-state index in [1.165, 1.54) is 0 Å². The predicted molar refractivity (Wildman–Crippen MR) is 97.3 cm³/mol. The number of hydrogen-bond donors (Lipinski definition) is 0. The van der Waals surface area contributed by atoms with E-state index in [0.717, 1.165) is 28.0 Å². The molecule has 0 bridgehead atoms. The molecule has 120 valence electrons. The highest BCUT2D eigenvalue weighted by molar-refractivity contribution is 5.96. The van der Waals surface area contributed by atoms with Crippen LogP contribution in [0.15, 0.2) is 78.9 Å². The van der Waals surface area contributed by atoms with Crippen LogP contribution in [0, 0.1) is 0 Å². The van der Waals surface area contributed by atoms with Crippen LogP contribution in [-0.2, 0) is 6.61 Å². The van der Waals surface area contributed by atoms with Gasteiger partial charge in [-0.05, 0) is 28.8 Å². The van der Waals surface area contributed by atoms with Crippen LogP contribution >= 0.6 is 0 Å². The Morgan fingerprint density at radius 2 is 1.38 bits per heavy atom. The van der Waals surface area contributed by atoms with E-state index in [1.807, 2.05) is 85.8 Å². The molecule has 0 N–H and O–H groups in total. The second-order valence-corrected chi connectivity index (χ2v) is 5.65. The van der Waals surface area contributed by atoms with Crippen LogP contribution in [0.2, 0.25) is 0 Å². The van der Waals surface area contributed by atoms with E-state index in [-0.39, 0.29) is 5.78 Å². The highest BCUT2D eigenvalue weighted by Gasteiger charge is 2.04. The molecule has 0 saturated carbocycles. The molecule has 0 atom stereocenters. The van der Waals surface area contributed by atoms with E-state index < -0.39 is 0 Å². The number of ether oxygens (including phenoxy) is 1. The maximum atomic E-state index is 11.7. The molecule has 3 rings (SSSR count). The van der Waals surface area contributed by atoms with Crippen LogP contribution in [0.1, 0.15) is 29.3 Å². The van der Waals surface area contributed by atoms with E-state index in [0.29, 0.717) is 13.0 Å². The van der Waals surface area contributed by atoms with Crippen molar-refractivity contribution in [1.82, 2.24) is 0 Å². The zero-order valence-electron chi connectivity index (χ0n) is 13.7. The molecule has 3 aromatic rings. The van der Waals surface area contributed by atoms with Crippen molar-refractivity contribution in [3.63, 3.8) is 0 Å². The van der Waals surface area contributed by atoms with Crippen LogP contribution in [0.3, 0.4) is 0 Å². The first kappa shape index (κ1) is 16.0. The number of carbonyl (C=O) groups is 1. The molecule has 0 spiro atoms. The molecule has 3 aromatic carbocycles. The van der Waals surface area contributed by atoms with Gasteiger partial charge >= 0.3 is 0 Å². The van der Waals surface area contributed by atoms with Gasteiger partial charge in [-0.15, -0.1) is 0 Å². The SMILES string of the molecule is CCC(=O)c1ccc(-c2ccc(OCc3ccccc3)cc2)cc1. The Kier molecular flexibility index (Phi) is 5.07. The van der Waals surface area contributed by atoms with Gasteiger partial charge in [-0.2, -0.15) is 0 Å². The van der Waals surface area contributed by atoms with Gasteiger partial charge in [0, 0.05) is 12.0 Å². The quantitative estimate of drug-likeness (QED) is 0.559. The van der Waals surface area contributed by atoms with Gasteiger partial charge in [0.2, 0.25) is 0 Å². The van der Waals surface area contributed by atoms with Gasteiger partial charge in [-0.1, -0.05) is 73.7 Å². The fraction of sp³-hybridized carbons (Fsp3) is 0.136. The summed E-state index contributed by atoms with van der Waals surface area (Å²) in [5.41, 5.74) is 4.12. The first-order valence-corrected chi connectivity index (χ1v) is 8.16. The highest BCUT2D eigenvalue weighted by atomic mass is 16.5. The lowest BCUT2D eigenvalue weighted by atomic mass is 10.0. The van der Waals surface area contributed by atoms with Gasteiger partial charge in [0.15, 0.2) is 5.78 Å². The fourth-order valence-corrected chi connectivity index (χ4v) is 2.54. The van der Waals surface area contributed by atoms with Gasteiger partial charge in [0.05, 0.1) is 0 Å². The van der Waals surface area contributed by atoms with E-state index in [1.54, 1.807) is 0 Å². The average molecular weight is 316 g/mol. The molecular weight excluding hydrogens is 296 g/mol. The standard InChI is InChI=1S/C22H20O2/c1-2-22(23)20-10-8-18(9-11-20)19-12-14-21(15-13-19)24-16-17-6-4-3-5-7-17/h3-15H,2,16H2,1H3. The lowest BCUT2D eigenvalue weighted by Crippen LogP contribution is -1.96. The summed E-state index contributed by atoms with van der Waals surface area (Å²) in [5, 5.41) is 0. The van der Waals surface area contributed by atoms with Gasteiger partial charge in [0.25, 0.3) is 0 Å². The molecule has 0 saturated heterocycles. The minimum atomic E-state index is 0.172. The number of hydrogen-bond acceptors (Lipinski definition) is 2. The summed E-state index contributed by atoms with van der Waals surface area (Å²) in [6.45, 7) is 2.44. The van der Waals surface area contributed by atoms with Gasteiger partial charge in [0.1, 0.15) is 12.4 Å². The monoisotopic (exact) mass is 316 g/mol. The Morgan fingerprint density at radius 3 is 1.96 bits per heavy atom. The van der Waals surface area contributed by atoms with Crippen molar-refractivity contribution in [3.05, 3.63) is 90.0 Å². The summed E-state index contributed by atoms with van der Waals surface area (Å²) < 4.78 is 5.80. The topological polar surface area (TPSA) is 26.3 Å². The second-order valence-electron chi connectivity index (χ2n) is 5.65. The summed E-state index contributed by atoms with van der Waals surface area (Å²) >= 11 is 0. The number of Topliss-reactive ketones (excluding diaryl/α,β-unsaturated/α-hetero) is 1. The predicted octanol–water partition coefficient (Wildman–Crippen LogP) is 5.53. The summed E-state index contributed by atoms with van der Waals surface area (Å²) in [6, 6.07) is 25.9. The summed E-state index contributed by atoms with van der Waals surface area (Å²) in [6.07, 6.45) is 0.535. The van der Waals surface area contributed by atoms with E-state index in [2.05, 4.69) is 0 Å². The molecule has 0 aromatic heterocycles. The molecule has 0 amide bonds. The summed E-state index contributed by atoms with van der Waals surface area (Å²) in [7, 11) is 0. The Bertz CT molecular complexity index is 788. The minimum Gasteiger partial charge on any atom is -0.489 e. The van der Waals surface area contributed by atoms with Crippen molar-refractivity contribution < 1.29 is 9.53 Å². The molecule has 0 aliphatic carbocycles. The fourth-order valence-electron chi connectivity index (χ4n) is 2.54. The molecule has 0 aliphatic heterocycles. The van der Waals surface area contributed by atoms with Crippen LogP contribution < -0.4 is 4.74 Å². The highest BCUT2D eigenvalue weighted by Crippen LogP contribution is 2.23. The van der Waals surface area contributed by atoms with Crippen molar-refractivity contribution in [2.45, 2.75) is 20.0 Å². The number of carbonyl (C=O) groups excluding carboxylic acids is 1. The maximum Gasteiger partial charge on any atom is 0.162 e. The molecule has 0 radical (unpaired) electrons. The molecule has 2 nitrogen and oxygen atoms in total. The van der Waals surface area contributed by atoms with Crippen molar-refractivity contribution in [2.75, 3.05) is 0 Å². The van der Waals surface area contributed by atoms with Gasteiger partial charge < -0.3 is 4.74 Å². The summed E-state index contributed by atoms with van der Waals surface area (Å²) in [4.78, 5) is 11.7. The Labute approximate surface area is 142 Å². The molecule has 2 heteroatoms. The van der Waals surface area contributed by atoms with Gasteiger partial charge in [-0.3, -0.25) is 4.79 Å². The lowest BCUT2D eigenvalue weighted by Gasteiger charge is -2.08. The maximum absolute atomic E-state index is 11.7. The largest absolute Gasteiger partial charge is 0.489 e. The van der Waals surface area contributed by atoms with Crippen LogP contribution in [0.25, 0.3) is 11.1 Å². The zero-order chi connectivity index (χ0) is 16.8. The summed E-state index contributed by atoms with van der Waals surface area (Å²) in [5.74, 6) is 1.02. The number of benzene rings is 3. The Hall–Kier alpha value is -2.87. The zero-order valence-corrected chi connectivity index (χ0v) is 13.7. The third kappa shape index (κ3) is 3.90. The molecule has 0 fully saturated rings. The van der Waals surface area contributed by atoms with Crippen LogP contribution in [-0.4, -0.2) is 5.78 Å². The first-order chi connectivity index (χ1) is 11.8. The third-order valence-electron chi connectivity index (χ3n) is 3.96. The molecule has 0 heterocycles. The van der Waals surface area contributed by atoms with Crippen molar-refractivity contribution in [2.24, 2.45) is 0 Å². The van der Waals surface area contributed by atoms with E-state index in [9.17, 15) is 4.79 Å². The molecule has 0 unspecified atom stereocenters. The average Bonchev–Trinajstić information content (AvgIpc) is 2.67. The van der Waals surface area contributed by atoms with E-state index >= 15 is 0 Å². The minimum absolute atomic E-state index is 0.172. The number of ketones is 1. The van der Waals surface area contributed by atoms with Crippen molar-refractivity contribution in [1.29, 1.82) is 0 Å². The van der Waals surface area contributed by atoms with Crippen LogP contribution in [0.5, 0.6) is 5.75 Å². The molecular formula is C22H20O2. The third-order valence-corrected chi connectivity index (χ3v) is 3.96. The second kappa shape index (κ2) is 7.60. The van der Waals surface area contributed by atoms with E-state index in [4.69, 9.17) is 4.74 Å². The van der Waals surface area contributed by atoms with Crippen molar-refractivity contribution >= 4 is 5.78 Å². The normalized spacial score (nSPS) is 10.4. The molecule has 0 aliphatic rings. The number of rotatable bonds is 6. The first-order valence-electron chi connectivity index (χ1n) is 8.16. The van der Waals surface area contributed by atoms with Crippen molar-refractivity contribution in [3.8, 4) is 16.9 Å². The molecule has 24 heavy (non-hydrogen) atoms. The lowest BCUT2D eigenvalue weighted by molar-refractivity contribution is 0.0988. The Balaban J connectivity index is 1.67. The Morgan fingerprint density at radius 1 is 0.792 bits per heavy atom. The smallest absolute Gasteiger partial charge is 0.162 e.